The number of rotatable bonds is 2. The van der Waals surface area contributed by atoms with E-state index in [1.54, 1.807) is 27.6 Å². The van der Waals surface area contributed by atoms with Gasteiger partial charge in [-0.25, -0.2) is 9.78 Å². The molecule has 2 aromatic rings. The first kappa shape index (κ1) is 9.51. The molecule has 0 spiro atoms. The largest absolute Gasteiger partial charge is 0.476 e. The summed E-state index contributed by atoms with van der Waals surface area (Å²) < 4.78 is 1.75. The van der Waals surface area contributed by atoms with Gasteiger partial charge in [0, 0.05) is 20.3 Å². The number of aromatic nitrogens is 2. The van der Waals surface area contributed by atoms with E-state index >= 15 is 0 Å². The topological polar surface area (TPSA) is 57.8 Å². The number of aromatic carboxylic acids is 1. The number of fused-ring (bicyclic) bond motifs is 1. The number of carboxylic acid groups (broad SMARTS) is 1. The minimum absolute atomic E-state index is 0.0827. The first-order chi connectivity index (χ1) is 7.11. The fraction of sp³-hybridized carbons (Fsp3) is 0.200. The molecule has 0 saturated heterocycles. The van der Waals surface area contributed by atoms with Crippen LogP contribution in [0.1, 0.15) is 10.5 Å². The zero-order valence-electron chi connectivity index (χ0n) is 8.51. The highest BCUT2D eigenvalue weighted by atomic mass is 16.4. The van der Waals surface area contributed by atoms with Crippen LogP contribution in [0.4, 0.5) is 5.95 Å². The molecule has 0 unspecified atom stereocenters. The molecule has 2 aromatic heterocycles. The van der Waals surface area contributed by atoms with Gasteiger partial charge in [0.2, 0.25) is 5.95 Å². The summed E-state index contributed by atoms with van der Waals surface area (Å²) >= 11 is 0. The fourth-order valence-electron chi connectivity index (χ4n) is 1.49. The van der Waals surface area contributed by atoms with Crippen molar-refractivity contribution >= 4 is 17.4 Å². The maximum atomic E-state index is 11.0. The minimum atomic E-state index is -1.01. The van der Waals surface area contributed by atoms with Crippen LogP contribution in [0.15, 0.2) is 24.4 Å². The molecular formula is C10H11N3O2. The lowest BCUT2D eigenvalue weighted by molar-refractivity contribution is 0.0693. The van der Waals surface area contributed by atoms with Gasteiger partial charge in [0.05, 0.1) is 5.52 Å². The van der Waals surface area contributed by atoms with Crippen LogP contribution in [0.2, 0.25) is 0 Å². The Hall–Kier alpha value is -2.04. The van der Waals surface area contributed by atoms with E-state index in [4.69, 9.17) is 5.11 Å². The summed E-state index contributed by atoms with van der Waals surface area (Å²) in [5.74, 6) is -0.394. The van der Waals surface area contributed by atoms with Gasteiger partial charge in [-0.1, -0.05) is 6.07 Å². The number of nitrogens with zero attached hydrogens (tertiary/aromatic N) is 3. The summed E-state index contributed by atoms with van der Waals surface area (Å²) in [5, 5.41) is 8.98. The molecule has 0 saturated carbocycles. The second-order valence-corrected chi connectivity index (χ2v) is 3.42. The Bertz CT molecular complexity index is 516. The molecule has 5 heteroatoms. The number of hydrogen-bond donors (Lipinski definition) is 1. The average Bonchev–Trinajstić information content (AvgIpc) is 2.56. The Balaban J connectivity index is 2.79. The van der Waals surface area contributed by atoms with Gasteiger partial charge < -0.3 is 10.0 Å². The summed E-state index contributed by atoms with van der Waals surface area (Å²) in [6.45, 7) is 0. The van der Waals surface area contributed by atoms with Gasteiger partial charge in [-0.15, -0.1) is 0 Å². The molecule has 0 aliphatic rings. The van der Waals surface area contributed by atoms with Gasteiger partial charge in [-0.05, 0) is 12.1 Å². The number of carbonyl (C=O) groups is 1. The van der Waals surface area contributed by atoms with Gasteiger partial charge in [-0.2, -0.15) is 0 Å². The van der Waals surface area contributed by atoms with Crippen molar-refractivity contribution in [3.63, 3.8) is 0 Å². The van der Waals surface area contributed by atoms with Crippen molar-refractivity contribution in [1.29, 1.82) is 0 Å². The van der Waals surface area contributed by atoms with Crippen molar-refractivity contribution in [3.05, 3.63) is 30.1 Å². The molecule has 0 radical (unpaired) electrons. The number of anilines is 1. The third-order valence-electron chi connectivity index (χ3n) is 2.13. The van der Waals surface area contributed by atoms with E-state index < -0.39 is 5.97 Å². The highest BCUT2D eigenvalue weighted by Crippen LogP contribution is 2.18. The standard InChI is InChI=1S/C10H11N3O2/c1-12(2)10-11-8(9(14)15)7-5-3-4-6-13(7)10/h3-6H,1-2H3,(H,14,15). The number of carboxylic acids is 1. The van der Waals surface area contributed by atoms with Crippen LogP contribution < -0.4 is 4.90 Å². The van der Waals surface area contributed by atoms with E-state index in [2.05, 4.69) is 4.98 Å². The van der Waals surface area contributed by atoms with Crippen LogP contribution in [0.25, 0.3) is 5.52 Å². The molecule has 0 aliphatic carbocycles. The minimum Gasteiger partial charge on any atom is -0.476 e. The van der Waals surface area contributed by atoms with Crippen LogP contribution in [0.3, 0.4) is 0 Å². The van der Waals surface area contributed by atoms with Crippen LogP contribution in [-0.4, -0.2) is 34.6 Å². The molecule has 0 bridgehead atoms. The second kappa shape index (κ2) is 3.27. The zero-order valence-corrected chi connectivity index (χ0v) is 8.51. The van der Waals surface area contributed by atoms with Crippen molar-refractivity contribution in [3.8, 4) is 0 Å². The van der Waals surface area contributed by atoms with E-state index in [9.17, 15) is 4.79 Å². The molecule has 2 rings (SSSR count). The first-order valence-electron chi connectivity index (χ1n) is 4.49. The SMILES string of the molecule is CN(C)c1nc(C(=O)O)c2ccccn12. The van der Waals surface area contributed by atoms with Crippen molar-refractivity contribution in [2.75, 3.05) is 19.0 Å². The molecular weight excluding hydrogens is 194 g/mol. The van der Waals surface area contributed by atoms with E-state index in [0.29, 0.717) is 11.5 Å². The number of imidazole rings is 1. The molecule has 5 nitrogen and oxygen atoms in total. The number of hydrogen-bond acceptors (Lipinski definition) is 3. The Kier molecular flexibility index (Phi) is 2.07. The quantitative estimate of drug-likeness (QED) is 0.797. The lowest BCUT2D eigenvalue weighted by Gasteiger charge is -2.09. The molecule has 0 atom stereocenters. The highest BCUT2D eigenvalue weighted by molar-refractivity contribution is 5.94. The van der Waals surface area contributed by atoms with E-state index in [1.165, 1.54) is 0 Å². The number of pyridine rings is 1. The molecule has 2 heterocycles. The maximum absolute atomic E-state index is 11.0. The van der Waals surface area contributed by atoms with E-state index in [1.807, 2.05) is 20.2 Å². The van der Waals surface area contributed by atoms with Crippen LogP contribution in [-0.2, 0) is 0 Å². The lowest BCUT2D eigenvalue weighted by Crippen LogP contribution is -2.12. The van der Waals surface area contributed by atoms with Gasteiger partial charge >= 0.3 is 5.97 Å². The van der Waals surface area contributed by atoms with E-state index in [0.717, 1.165) is 0 Å². The second-order valence-electron chi connectivity index (χ2n) is 3.42. The molecule has 0 amide bonds. The molecule has 0 fully saturated rings. The van der Waals surface area contributed by atoms with Gasteiger partial charge in [0.15, 0.2) is 5.69 Å². The summed E-state index contributed by atoms with van der Waals surface area (Å²) in [5.41, 5.74) is 0.688. The molecule has 0 aliphatic heterocycles. The van der Waals surface area contributed by atoms with Crippen molar-refractivity contribution < 1.29 is 9.90 Å². The fourth-order valence-corrected chi connectivity index (χ4v) is 1.49. The Morgan fingerprint density at radius 2 is 2.20 bits per heavy atom. The summed E-state index contributed by atoms with van der Waals surface area (Å²) in [6, 6.07) is 5.37. The zero-order chi connectivity index (χ0) is 11.0. The van der Waals surface area contributed by atoms with Gasteiger partial charge in [0.1, 0.15) is 0 Å². The van der Waals surface area contributed by atoms with Crippen molar-refractivity contribution in [2.24, 2.45) is 0 Å². The predicted molar refractivity (Wildman–Crippen MR) is 56.5 cm³/mol. The smallest absolute Gasteiger partial charge is 0.356 e. The Morgan fingerprint density at radius 1 is 1.47 bits per heavy atom. The molecule has 0 aromatic carbocycles. The third-order valence-corrected chi connectivity index (χ3v) is 2.13. The molecule has 15 heavy (non-hydrogen) atoms. The maximum Gasteiger partial charge on any atom is 0.356 e. The summed E-state index contributed by atoms with van der Waals surface area (Å²) in [4.78, 5) is 16.8. The third kappa shape index (κ3) is 1.41. The Morgan fingerprint density at radius 3 is 2.80 bits per heavy atom. The Labute approximate surface area is 86.6 Å². The van der Waals surface area contributed by atoms with Crippen LogP contribution in [0.5, 0.6) is 0 Å². The predicted octanol–water partition coefficient (Wildman–Crippen LogP) is 1.10. The van der Waals surface area contributed by atoms with Crippen molar-refractivity contribution in [1.82, 2.24) is 9.38 Å². The van der Waals surface area contributed by atoms with E-state index in [-0.39, 0.29) is 5.69 Å². The first-order valence-corrected chi connectivity index (χ1v) is 4.49. The summed E-state index contributed by atoms with van der Waals surface area (Å²) in [7, 11) is 3.65. The van der Waals surface area contributed by atoms with Crippen molar-refractivity contribution in [2.45, 2.75) is 0 Å². The van der Waals surface area contributed by atoms with Gasteiger partial charge in [-0.3, -0.25) is 4.40 Å². The highest BCUT2D eigenvalue weighted by Gasteiger charge is 2.16. The van der Waals surface area contributed by atoms with Gasteiger partial charge in [0.25, 0.3) is 0 Å². The molecule has 78 valence electrons. The summed E-state index contributed by atoms with van der Waals surface area (Å²) in [6.07, 6.45) is 1.80. The van der Waals surface area contributed by atoms with Crippen LogP contribution in [0, 0.1) is 0 Å². The molecule has 1 N–H and O–H groups in total. The monoisotopic (exact) mass is 205 g/mol. The normalized spacial score (nSPS) is 10.5. The average molecular weight is 205 g/mol. The lowest BCUT2D eigenvalue weighted by atomic mass is 10.3. The van der Waals surface area contributed by atoms with Crippen LogP contribution >= 0.6 is 0 Å².